The van der Waals surface area contributed by atoms with Crippen LogP contribution in [0.3, 0.4) is 0 Å². The Kier molecular flexibility index (Phi) is 5.69. The Bertz CT molecular complexity index is 1230. The van der Waals surface area contributed by atoms with Crippen LogP contribution in [0.2, 0.25) is 5.02 Å². The minimum absolute atomic E-state index is 0.0915. The summed E-state index contributed by atoms with van der Waals surface area (Å²) in [6, 6.07) is 11.1. The van der Waals surface area contributed by atoms with Crippen molar-refractivity contribution in [3.8, 4) is 17.2 Å². The van der Waals surface area contributed by atoms with Gasteiger partial charge in [0.1, 0.15) is 13.3 Å². The molecular weight excluding hydrogens is 426 g/mol. The Balaban J connectivity index is 1.73. The monoisotopic (exact) mass is 445 g/mol. The zero-order valence-electron chi connectivity index (χ0n) is 16.7. The largest absolute Gasteiger partial charge is 0.493 e. The molecule has 3 aromatic rings. The molecule has 0 fully saturated rings. The molecule has 0 atom stereocenters. The number of fused-ring (bicyclic) bond motifs is 1. The van der Waals surface area contributed by atoms with Gasteiger partial charge in [0.05, 0.1) is 25.9 Å². The van der Waals surface area contributed by atoms with E-state index in [1.54, 1.807) is 38.0 Å². The molecule has 4 rings (SSSR count). The zero-order chi connectivity index (χ0) is 21.3. The molecule has 1 aliphatic heterocycles. The SMILES string of the molecule is COc1cc(C=c2sc3n(c2=O)CN(c2ccc(Cl)cc2)CN=3)cc(OC)c1OC. The summed E-state index contributed by atoms with van der Waals surface area (Å²) in [5.41, 5.74) is 1.64. The highest BCUT2D eigenvalue weighted by Gasteiger charge is 2.17. The molecule has 0 bridgehead atoms. The number of hydrogen-bond donors (Lipinski definition) is 0. The molecule has 30 heavy (non-hydrogen) atoms. The number of rotatable bonds is 5. The number of ether oxygens (including phenoxy) is 3. The van der Waals surface area contributed by atoms with Crippen LogP contribution in [0.5, 0.6) is 17.2 Å². The first-order valence-electron chi connectivity index (χ1n) is 9.10. The second-order valence-electron chi connectivity index (χ2n) is 6.54. The standard InChI is InChI=1S/C21H20ClN3O4S/c1-27-16-8-13(9-17(28-2)19(16)29-3)10-18-20(26)25-12-24(11-23-21(25)30-18)15-6-4-14(22)5-7-15/h4-10H,11-12H2,1-3H3. The summed E-state index contributed by atoms with van der Waals surface area (Å²) in [7, 11) is 4.67. The van der Waals surface area contributed by atoms with Crippen molar-refractivity contribution in [2.24, 2.45) is 4.99 Å². The van der Waals surface area contributed by atoms with Crippen molar-refractivity contribution in [3.05, 3.63) is 66.7 Å². The van der Waals surface area contributed by atoms with E-state index in [9.17, 15) is 4.79 Å². The molecule has 7 nitrogen and oxygen atoms in total. The van der Waals surface area contributed by atoms with Gasteiger partial charge in [0.25, 0.3) is 5.56 Å². The molecule has 156 valence electrons. The Morgan fingerprint density at radius 1 is 1.07 bits per heavy atom. The first-order valence-corrected chi connectivity index (χ1v) is 10.3. The van der Waals surface area contributed by atoms with Gasteiger partial charge in [-0.25, -0.2) is 4.99 Å². The summed E-state index contributed by atoms with van der Waals surface area (Å²) in [5, 5.41) is 0.670. The maximum atomic E-state index is 13.0. The third-order valence-electron chi connectivity index (χ3n) is 4.75. The number of benzene rings is 2. The maximum absolute atomic E-state index is 13.0. The Hall–Kier alpha value is -2.97. The summed E-state index contributed by atoms with van der Waals surface area (Å²) in [6.07, 6.45) is 1.81. The molecule has 0 radical (unpaired) electrons. The van der Waals surface area contributed by atoms with E-state index < -0.39 is 0 Å². The quantitative estimate of drug-likeness (QED) is 0.603. The predicted octanol–water partition coefficient (Wildman–Crippen LogP) is 2.47. The van der Waals surface area contributed by atoms with Crippen LogP contribution < -0.4 is 34.0 Å². The van der Waals surface area contributed by atoms with E-state index in [1.807, 2.05) is 35.2 Å². The van der Waals surface area contributed by atoms with Crippen molar-refractivity contribution in [1.29, 1.82) is 0 Å². The lowest BCUT2D eigenvalue weighted by atomic mass is 10.1. The topological polar surface area (TPSA) is 65.3 Å². The van der Waals surface area contributed by atoms with E-state index >= 15 is 0 Å². The summed E-state index contributed by atoms with van der Waals surface area (Å²) in [6.45, 7) is 0.907. The summed E-state index contributed by atoms with van der Waals surface area (Å²) in [4.78, 5) is 20.3. The van der Waals surface area contributed by atoms with Crippen LogP contribution in [0, 0.1) is 0 Å². The van der Waals surface area contributed by atoms with Crippen molar-refractivity contribution in [2.75, 3.05) is 32.9 Å². The normalized spacial score (nSPS) is 13.6. The van der Waals surface area contributed by atoms with Gasteiger partial charge in [0, 0.05) is 10.7 Å². The molecule has 0 N–H and O–H groups in total. The van der Waals surface area contributed by atoms with E-state index in [-0.39, 0.29) is 5.56 Å². The van der Waals surface area contributed by atoms with Crippen LogP contribution in [0.25, 0.3) is 6.08 Å². The highest BCUT2D eigenvalue weighted by atomic mass is 35.5. The summed E-state index contributed by atoms with van der Waals surface area (Å²) >= 11 is 7.34. The number of hydrogen-bond acceptors (Lipinski definition) is 7. The van der Waals surface area contributed by atoms with E-state index in [1.165, 1.54) is 11.3 Å². The molecule has 0 unspecified atom stereocenters. The summed E-state index contributed by atoms with van der Waals surface area (Å²) in [5.74, 6) is 1.57. The van der Waals surface area contributed by atoms with E-state index in [2.05, 4.69) is 4.99 Å². The van der Waals surface area contributed by atoms with E-state index in [4.69, 9.17) is 25.8 Å². The Morgan fingerprint density at radius 3 is 2.33 bits per heavy atom. The van der Waals surface area contributed by atoms with E-state index in [0.29, 0.717) is 44.9 Å². The van der Waals surface area contributed by atoms with Crippen LogP contribution in [0.15, 0.2) is 46.2 Å². The molecule has 9 heteroatoms. The number of halogens is 1. The minimum Gasteiger partial charge on any atom is -0.493 e. The molecule has 0 aliphatic carbocycles. The van der Waals surface area contributed by atoms with Gasteiger partial charge in [0.15, 0.2) is 16.3 Å². The highest BCUT2D eigenvalue weighted by Crippen LogP contribution is 2.38. The number of nitrogens with zero attached hydrogens (tertiary/aromatic N) is 3. The fourth-order valence-electron chi connectivity index (χ4n) is 3.26. The number of thiazole rings is 1. The zero-order valence-corrected chi connectivity index (χ0v) is 18.3. The van der Waals surface area contributed by atoms with Crippen molar-refractivity contribution >= 4 is 34.7 Å². The van der Waals surface area contributed by atoms with Crippen molar-refractivity contribution in [3.63, 3.8) is 0 Å². The number of methoxy groups -OCH3 is 3. The van der Waals surface area contributed by atoms with Crippen LogP contribution in [0.4, 0.5) is 5.69 Å². The lowest BCUT2D eigenvalue weighted by Gasteiger charge is -2.25. The molecule has 2 aromatic carbocycles. The molecule has 0 saturated carbocycles. The van der Waals surface area contributed by atoms with Gasteiger partial charge in [-0.3, -0.25) is 9.36 Å². The lowest BCUT2D eigenvalue weighted by molar-refractivity contribution is 0.324. The average molecular weight is 446 g/mol. The second kappa shape index (κ2) is 8.41. The molecule has 1 aliphatic rings. The van der Waals surface area contributed by atoms with Crippen LogP contribution in [-0.4, -0.2) is 32.6 Å². The predicted molar refractivity (Wildman–Crippen MR) is 118 cm³/mol. The van der Waals surface area contributed by atoms with Gasteiger partial charge in [-0.15, -0.1) is 0 Å². The molecule has 2 heterocycles. The Labute approximate surface area is 182 Å². The fraction of sp³-hybridized carbons (Fsp3) is 0.238. The summed E-state index contributed by atoms with van der Waals surface area (Å²) < 4.78 is 18.4. The first kappa shape index (κ1) is 20.3. The van der Waals surface area contributed by atoms with Gasteiger partial charge in [-0.1, -0.05) is 22.9 Å². The minimum atomic E-state index is -0.0915. The van der Waals surface area contributed by atoms with Gasteiger partial charge in [0.2, 0.25) is 5.75 Å². The third-order valence-corrected chi connectivity index (χ3v) is 6.05. The smallest absolute Gasteiger partial charge is 0.271 e. The molecule has 1 aromatic heterocycles. The number of anilines is 1. The molecule has 0 amide bonds. The van der Waals surface area contributed by atoms with Crippen LogP contribution in [-0.2, 0) is 6.67 Å². The van der Waals surface area contributed by atoms with Crippen LogP contribution >= 0.6 is 22.9 Å². The molecule has 0 saturated heterocycles. The lowest BCUT2D eigenvalue weighted by Crippen LogP contribution is -2.42. The molecule has 0 spiro atoms. The highest BCUT2D eigenvalue weighted by molar-refractivity contribution is 7.07. The second-order valence-corrected chi connectivity index (χ2v) is 7.99. The van der Waals surface area contributed by atoms with Crippen molar-refractivity contribution in [2.45, 2.75) is 6.67 Å². The Morgan fingerprint density at radius 2 is 1.73 bits per heavy atom. The van der Waals surface area contributed by atoms with Gasteiger partial charge in [-0.2, -0.15) is 0 Å². The van der Waals surface area contributed by atoms with Gasteiger partial charge in [-0.05, 0) is 48.0 Å². The van der Waals surface area contributed by atoms with E-state index in [0.717, 1.165) is 11.3 Å². The van der Waals surface area contributed by atoms with Gasteiger partial charge >= 0.3 is 0 Å². The first-order chi connectivity index (χ1) is 14.5. The van der Waals surface area contributed by atoms with Crippen molar-refractivity contribution < 1.29 is 14.2 Å². The third kappa shape index (κ3) is 3.76. The molecular formula is C21H20ClN3O4S. The maximum Gasteiger partial charge on any atom is 0.271 e. The van der Waals surface area contributed by atoms with Crippen molar-refractivity contribution in [1.82, 2.24) is 4.57 Å². The van der Waals surface area contributed by atoms with Gasteiger partial charge < -0.3 is 19.1 Å². The fourth-order valence-corrected chi connectivity index (χ4v) is 4.35. The average Bonchev–Trinajstić information content (AvgIpc) is 3.08. The van der Waals surface area contributed by atoms with Crippen LogP contribution in [0.1, 0.15) is 5.56 Å². The number of aromatic nitrogens is 1.